The van der Waals surface area contributed by atoms with Gasteiger partial charge < -0.3 is 0 Å². The van der Waals surface area contributed by atoms with E-state index in [1.54, 1.807) is 0 Å². The van der Waals surface area contributed by atoms with Gasteiger partial charge in [0.15, 0.2) is 0 Å². The largest absolute Gasteiger partial charge is 0.0616 e. The van der Waals surface area contributed by atoms with Crippen molar-refractivity contribution in [2.24, 2.45) is 0 Å². The first-order chi connectivity index (χ1) is 44.7. The predicted molar refractivity (Wildman–Crippen MR) is 393 cm³/mol. The Kier molecular flexibility index (Phi) is 10.4. The van der Waals surface area contributed by atoms with Gasteiger partial charge in [0.2, 0.25) is 0 Å². The fraction of sp³-hybridized carbons (Fsp3) is 0. The Hall–Kier alpha value is -11.7. The van der Waals surface area contributed by atoms with Gasteiger partial charge in [0.05, 0.1) is 0 Å². The highest BCUT2D eigenvalue weighted by Crippen LogP contribution is 2.54. The molecule has 1 aliphatic carbocycles. The van der Waals surface area contributed by atoms with E-state index in [0.29, 0.717) is 0 Å². The zero-order valence-corrected chi connectivity index (χ0v) is 49.0. The van der Waals surface area contributed by atoms with Gasteiger partial charge in [-0.2, -0.15) is 0 Å². The number of hydrogen-bond donors (Lipinski definition) is 0. The van der Waals surface area contributed by atoms with E-state index < -0.39 is 0 Å². The molecule has 412 valence electrons. The molecule has 0 heterocycles. The average Bonchev–Trinajstić information content (AvgIpc) is 1.22. The second-order valence-electron chi connectivity index (χ2n) is 24.7. The number of fused-ring (bicyclic) bond motifs is 14. The Morgan fingerprint density at radius 3 is 0.622 bits per heavy atom. The molecular formula is C90H52. The van der Waals surface area contributed by atoms with Crippen LogP contribution in [-0.4, -0.2) is 0 Å². The van der Waals surface area contributed by atoms with Gasteiger partial charge in [-0.1, -0.05) is 315 Å². The highest BCUT2D eigenvalue weighted by Gasteiger charge is 2.27. The molecule has 0 fully saturated rings. The molecule has 1 aliphatic rings. The van der Waals surface area contributed by atoms with Crippen molar-refractivity contribution in [2.75, 3.05) is 0 Å². The summed E-state index contributed by atoms with van der Waals surface area (Å²) >= 11 is 0. The molecule has 0 bridgehead atoms. The van der Waals surface area contributed by atoms with Crippen LogP contribution in [0.2, 0.25) is 0 Å². The summed E-state index contributed by atoms with van der Waals surface area (Å²) in [5.41, 5.74) is 5.51. The fourth-order valence-corrected chi connectivity index (χ4v) is 16.6. The van der Waals surface area contributed by atoms with E-state index in [0.717, 1.165) is 0 Å². The molecular weight excluding hydrogens is 1080 g/mol. The van der Waals surface area contributed by atoms with Gasteiger partial charge in [-0.05, 0) is 205 Å². The highest BCUT2D eigenvalue weighted by molar-refractivity contribution is 6.43. The molecule has 0 saturated heterocycles. The smallest absolute Gasteiger partial charge is 0.00137 e. The molecule has 0 amide bonds. The molecule has 0 N–H and O–H groups in total. The van der Waals surface area contributed by atoms with Crippen LogP contribution in [0.5, 0.6) is 0 Å². The minimum absolute atomic E-state index is 1.31. The van der Waals surface area contributed by atoms with Crippen molar-refractivity contribution < 1.29 is 0 Å². The summed E-state index contributed by atoms with van der Waals surface area (Å²) in [5.74, 6) is 0. The average molecular weight is 1130 g/mol. The fourth-order valence-electron chi connectivity index (χ4n) is 16.6. The lowest BCUT2D eigenvalue weighted by Gasteiger charge is -2.19. The van der Waals surface area contributed by atoms with Crippen LogP contribution in [0, 0.1) is 0 Å². The van der Waals surface area contributed by atoms with Crippen molar-refractivity contribution >= 4 is 183 Å². The minimum atomic E-state index is 1.31. The lowest BCUT2D eigenvalue weighted by molar-refractivity contribution is 1.73. The topological polar surface area (TPSA) is 0 Å². The predicted octanol–water partition coefficient (Wildman–Crippen LogP) is 25.7. The maximum absolute atomic E-state index is 2.36. The van der Waals surface area contributed by atoms with Crippen LogP contribution in [0.1, 0.15) is 0 Å². The first-order valence-corrected chi connectivity index (χ1v) is 31.5. The molecule has 0 radical (unpaired) electrons. The van der Waals surface area contributed by atoms with Crippen molar-refractivity contribution in [1.29, 1.82) is 0 Å². The summed E-state index contributed by atoms with van der Waals surface area (Å²) in [4.78, 5) is 0. The van der Waals surface area contributed by atoms with E-state index in [4.69, 9.17) is 0 Å². The van der Waals surface area contributed by atoms with Crippen LogP contribution in [-0.2, 0) is 0 Å². The maximum atomic E-state index is 2.36. The first kappa shape index (κ1) is 49.4. The molecule has 0 aromatic heterocycles. The Morgan fingerprint density at radius 1 is 0.100 bits per heavy atom. The van der Waals surface area contributed by atoms with Crippen LogP contribution in [0.3, 0.4) is 0 Å². The standard InChI is InChI=1S/2C30H16.C20H12.C10H8/c1-5-17-6-2-10-20-24-15-16-26-22-12-4-8-18-7-3-11-21(28(18)22)25-14-13-23(29(24)30(25)26)19(9-1)27(17)20;1-2-8-19-17(5-1)11-12-22-25-14-13-23-20-9-3-6-18-7-4-10-21(27(18)20)24-15-16-26(28(19)22)30(25)29(23)24;1-5-13-6-2-11-17-18-12-4-8-14-7-3-10-16(20(14)18)15(9-1)19(13)17;1-2-6-10-8-4-3-7-9(10)5-1/h2*1-16H;1-12H;1-8H. The summed E-state index contributed by atoms with van der Waals surface area (Å²) in [6, 6.07) is 116. The SMILES string of the molecule is c1cc2cccc3c4ccc5c6cccc7cccc(c8ccc(c(c1)c23)c4c85)c76.c1cc2cccc3c4cccc5cccc(c(c1)c23)c54.c1ccc2c3c(ccc2c1)-c1ccc2c4cccc5cccc(c6ccc-3c1c26)c54.c1ccc2ccccc2c1. The molecule has 0 aliphatic heterocycles. The highest BCUT2D eigenvalue weighted by atomic mass is 14.3. The molecule has 22 aromatic rings. The summed E-state index contributed by atoms with van der Waals surface area (Å²) in [6.07, 6.45) is 0. The van der Waals surface area contributed by atoms with E-state index in [2.05, 4.69) is 315 Å². The summed E-state index contributed by atoms with van der Waals surface area (Å²) in [6.45, 7) is 0. The summed E-state index contributed by atoms with van der Waals surface area (Å²) < 4.78 is 0. The van der Waals surface area contributed by atoms with Crippen molar-refractivity contribution in [3.63, 3.8) is 0 Å². The van der Waals surface area contributed by atoms with Crippen molar-refractivity contribution in [1.82, 2.24) is 0 Å². The van der Waals surface area contributed by atoms with Gasteiger partial charge in [0.25, 0.3) is 0 Å². The van der Waals surface area contributed by atoms with E-state index >= 15 is 0 Å². The van der Waals surface area contributed by atoms with Crippen LogP contribution in [0.4, 0.5) is 0 Å². The second-order valence-corrected chi connectivity index (χ2v) is 24.7. The molecule has 23 rings (SSSR count). The quantitative estimate of drug-likeness (QED) is 0.105. The van der Waals surface area contributed by atoms with E-state index in [9.17, 15) is 0 Å². The van der Waals surface area contributed by atoms with Crippen LogP contribution < -0.4 is 0 Å². The van der Waals surface area contributed by atoms with Crippen molar-refractivity contribution in [3.05, 3.63) is 315 Å². The van der Waals surface area contributed by atoms with Gasteiger partial charge in [0.1, 0.15) is 0 Å². The van der Waals surface area contributed by atoms with Crippen LogP contribution in [0.25, 0.3) is 205 Å². The van der Waals surface area contributed by atoms with E-state index in [1.165, 1.54) is 205 Å². The molecule has 0 saturated carbocycles. The van der Waals surface area contributed by atoms with E-state index in [1.807, 2.05) is 0 Å². The lowest BCUT2D eigenvalue weighted by atomic mass is 9.84. The molecule has 0 unspecified atom stereocenters. The Labute approximate surface area is 517 Å². The zero-order chi connectivity index (χ0) is 58.7. The monoisotopic (exact) mass is 1130 g/mol. The molecule has 0 heteroatoms. The van der Waals surface area contributed by atoms with E-state index in [-0.39, 0.29) is 0 Å². The third-order valence-electron chi connectivity index (χ3n) is 20.3. The Morgan fingerprint density at radius 2 is 0.311 bits per heavy atom. The summed E-state index contributed by atoms with van der Waals surface area (Å²) in [7, 11) is 0. The van der Waals surface area contributed by atoms with Crippen LogP contribution in [0.15, 0.2) is 315 Å². The first-order valence-electron chi connectivity index (χ1n) is 31.5. The van der Waals surface area contributed by atoms with Gasteiger partial charge in [0, 0.05) is 0 Å². The molecule has 0 atom stereocenters. The molecule has 22 aromatic carbocycles. The molecule has 0 nitrogen and oxygen atoms in total. The van der Waals surface area contributed by atoms with Crippen molar-refractivity contribution in [3.8, 4) is 22.3 Å². The van der Waals surface area contributed by atoms with Crippen molar-refractivity contribution in [2.45, 2.75) is 0 Å². The molecule has 0 spiro atoms. The normalized spacial score (nSPS) is 12.2. The number of rotatable bonds is 0. The Balaban J connectivity index is 0.0000000889. The zero-order valence-electron chi connectivity index (χ0n) is 49.0. The number of hydrogen-bond acceptors (Lipinski definition) is 0. The summed E-state index contributed by atoms with van der Waals surface area (Å²) in [5, 5.41) is 46.3. The third-order valence-corrected chi connectivity index (χ3v) is 20.3. The van der Waals surface area contributed by atoms with Crippen LogP contribution >= 0.6 is 0 Å². The third kappa shape index (κ3) is 6.91. The number of benzene rings is 22. The second kappa shape index (κ2) is 18.9. The van der Waals surface area contributed by atoms with Gasteiger partial charge >= 0.3 is 0 Å². The van der Waals surface area contributed by atoms with Gasteiger partial charge in [-0.25, -0.2) is 0 Å². The maximum Gasteiger partial charge on any atom is -0.00137 e. The van der Waals surface area contributed by atoms with Gasteiger partial charge in [-0.15, -0.1) is 0 Å². The van der Waals surface area contributed by atoms with Gasteiger partial charge in [-0.3, -0.25) is 0 Å². The lowest BCUT2D eigenvalue weighted by Crippen LogP contribution is -1.90. The molecule has 90 heavy (non-hydrogen) atoms. The Bertz CT molecular complexity index is 6140. The minimum Gasteiger partial charge on any atom is -0.0616 e.